The lowest BCUT2D eigenvalue weighted by molar-refractivity contribution is 0.0750. The van der Waals surface area contributed by atoms with Gasteiger partial charge in [0.15, 0.2) is 0 Å². The molecule has 1 amide bonds. The second kappa shape index (κ2) is 7.08. The van der Waals surface area contributed by atoms with Crippen LogP contribution in [0.1, 0.15) is 33.6 Å². The standard InChI is InChI=1S/C20H24N2O2S/c1-24-18-9-5-4-8-17(18)21-10-12-22(13-11-21)20(23)19-16-7-3-2-6-15(16)14-25-19/h4-5,8-9,14H,2-3,6-7,10-13H2,1H3. The molecule has 25 heavy (non-hydrogen) atoms. The van der Waals surface area contributed by atoms with Crippen molar-refractivity contribution in [3.63, 3.8) is 0 Å². The summed E-state index contributed by atoms with van der Waals surface area (Å²) >= 11 is 1.65. The molecule has 0 spiro atoms. The van der Waals surface area contributed by atoms with E-state index in [4.69, 9.17) is 4.74 Å². The number of thiophene rings is 1. The van der Waals surface area contributed by atoms with E-state index in [1.54, 1.807) is 18.4 Å². The molecule has 2 heterocycles. The number of benzene rings is 1. The monoisotopic (exact) mass is 356 g/mol. The molecule has 4 rings (SSSR count). The molecule has 1 aliphatic heterocycles. The van der Waals surface area contributed by atoms with Crippen molar-refractivity contribution in [1.29, 1.82) is 0 Å². The van der Waals surface area contributed by atoms with Crippen LogP contribution in [0.15, 0.2) is 29.6 Å². The zero-order valence-electron chi connectivity index (χ0n) is 14.7. The van der Waals surface area contributed by atoms with Crippen LogP contribution in [0.25, 0.3) is 0 Å². The van der Waals surface area contributed by atoms with Crippen molar-refractivity contribution in [2.24, 2.45) is 0 Å². The molecule has 0 radical (unpaired) electrons. The van der Waals surface area contributed by atoms with Gasteiger partial charge in [0, 0.05) is 26.2 Å². The van der Waals surface area contributed by atoms with Crippen molar-refractivity contribution in [1.82, 2.24) is 4.90 Å². The van der Waals surface area contributed by atoms with Crippen LogP contribution in [0, 0.1) is 0 Å². The van der Waals surface area contributed by atoms with Gasteiger partial charge in [-0.1, -0.05) is 12.1 Å². The summed E-state index contributed by atoms with van der Waals surface area (Å²) < 4.78 is 5.47. The zero-order chi connectivity index (χ0) is 17.2. The molecule has 5 heteroatoms. The Hall–Kier alpha value is -2.01. The largest absolute Gasteiger partial charge is 0.495 e. The van der Waals surface area contributed by atoms with Gasteiger partial charge < -0.3 is 14.5 Å². The van der Waals surface area contributed by atoms with Crippen LogP contribution in [0.4, 0.5) is 5.69 Å². The van der Waals surface area contributed by atoms with Gasteiger partial charge in [0.1, 0.15) is 5.75 Å². The molecule has 0 saturated carbocycles. The summed E-state index contributed by atoms with van der Waals surface area (Å²) in [5, 5.41) is 2.20. The highest BCUT2D eigenvalue weighted by molar-refractivity contribution is 7.12. The number of anilines is 1. The van der Waals surface area contributed by atoms with Gasteiger partial charge in [-0.15, -0.1) is 11.3 Å². The number of hydrogen-bond donors (Lipinski definition) is 0. The number of nitrogens with zero attached hydrogens (tertiary/aromatic N) is 2. The molecule has 0 unspecified atom stereocenters. The van der Waals surface area contributed by atoms with Gasteiger partial charge >= 0.3 is 0 Å². The van der Waals surface area contributed by atoms with Crippen molar-refractivity contribution in [3.8, 4) is 5.75 Å². The lowest BCUT2D eigenvalue weighted by atomic mass is 9.93. The van der Waals surface area contributed by atoms with Gasteiger partial charge in [-0.3, -0.25) is 4.79 Å². The SMILES string of the molecule is COc1ccccc1N1CCN(C(=O)c2scc3c2CCCC3)CC1. The maximum Gasteiger partial charge on any atom is 0.264 e. The number of ether oxygens (including phenoxy) is 1. The Morgan fingerprint density at radius 3 is 2.64 bits per heavy atom. The van der Waals surface area contributed by atoms with Crippen LogP contribution < -0.4 is 9.64 Å². The summed E-state index contributed by atoms with van der Waals surface area (Å²) in [4.78, 5) is 18.3. The Morgan fingerprint density at radius 2 is 1.84 bits per heavy atom. The Labute approximate surface area is 153 Å². The third-order valence-electron chi connectivity index (χ3n) is 5.29. The molecule has 0 atom stereocenters. The van der Waals surface area contributed by atoms with Crippen molar-refractivity contribution in [2.45, 2.75) is 25.7 Å². The number of piperazine rings is 1. The summed E-state index contributed by atoms with van der Waals surface area (Å²) in [5.74, 6) is 1.13. The summed E-state index contributed by atoms with van der Waals surface area (Å²) in [6.07, 6.45) is 4.68. The average Bonchev–Trinajstić information content (AvgIpc) is 3.11. The number of carbonyl (C=O) groups is 1. The van der Waals surface area contributed by atoms with Crippen molar-refractivity contribution in [3.05, 3.63) is 45.6 Å². The number of amides is 1. The topological polar surface area (TPSA) is 32.8 Å². The van der Waals surface area contributed by atoms with E-state index in [1.165, 1.54) is 24.0 Å². The number of aryl methyl sites for hydroxylation is 1. The fourth-order valence-electron chi connectivity index (χ4n) is 3.88. The molecule has 2 aliphatic rings. The third kappa shape index (κ3) is 3.13. The smallest absolute Gasteiger partial charge is 0.264 e. The Morgan fingerprint density at radius 1 is 1.08 bits per heavy atom. The van der Waals surface area contributed by atoms with E-state index in [0.717, 1.165) is 55.3 Å². The van der Waals surface area contributed by atoms with Crippen LogP contribution in [0.2, 0.25) is 0 Å². The second-order valence-corrected chi connectivity index (χ2v) is 7.61. The second-order valence-electron chi connectivity index (χ2n) is 6.73. The third-order valence-corrected chi connectivity index (χ3v) is 6.35. The lowest BCUT2D eigenvalue weighted by Crippen LogP contribution is -2.48. The maximum absolute atomic E-state index is 13.0. The molecule has 1 aromatic carbocycles. The minimum Gasteiger partial charge on any atom is -0.495 e. The van der Waals surface area contributed by atoms with Crippen LogP contribution >= 0.6 is 11.3 Å². The van der Waals surface area contributed by atoms with Crippen LogP contribution in [-0.4, -0.2) is 44.1 Å². The predicted octanol–water partition coefficient (Wildman–Crippen LogP) is 3.60. The van der Waals surface area contributed by atoms with Gasteiger partial charge in [0.25, 0.3) is 5.91 Å². The number of carbonyl (C=O) groups excluding carboxylic acids is 1. The molecular weight excluding hydrogens is 332 g/mol. The summed E-state index contributed by atoms with van der Waals surface area (Å²) in [6.45, 7) is 3.23. The van der Waals surface area contributed by atoms with E-state index < -0.39 is 0 Å². The van der Waals surface area contributed by atoms with E-state index >= 15 is 0 Å². The van der Waals surface area contributed by atoms with Crippen molar-refractivity contribution >= 4 is 22.9 Å². The van der Waals surface area contributed by atoms with Crippen molar-refractivity contribution in [2.75, 3.05) is 38.2 Å². The average molecular weight is 356 g/mol. The summed E-state index contributed by atoms with van der Waals surface area (Å²) in [7, 11) is 1.71. The highest BCUT2D eigenvalue weighted by atomic mass is 32.1. The first kappa shape index (κ1) is 16.5. The molecule has 0 bridgehead atoms. The molecule has 1 aromatic heterocycles. The Bertz CT molecular complexity index is 763. The molecule has 1 saturated heterocycles. The van der Waals surface area contributed by atoms with Gasteiger partial charge in [-0.25, -0.2) is 0 Å². The van der Waals surface area contributed by atoms with Crippen LogP contribution in [-0.2, 0) is 12.8 Å². The number of hydrogen-bond acceptors (Lipinski definition) is 4. The van der Waals surface area contributed by atoms with Crippen LogP contribution in [0.5, 0.6) is 5.75 Å². The van der Waals surface area contributed by atoms with Gasteiger partial charge in [0.2, 0.25) is 0 Å². The predicted molar refractivity (Wildman–Crippen MR) is 102 cm³/mol. The Kier molecular flexibility index (Phi) is 4.66. The normalized spacial score (nSPS) is 17.3. The Balaban J connectivity index is 1.45. The number of fused-ring (bicyclic) bond motifs is 1. The van der Waals surface area contributed by atoms with Crippen LogP contribution in [0.3, 0.4) is 0 Å². The maximum atomic E-state index is 13.0. The highest BCUT2D eigenvalue weighted by Crippen LogP contribution is 2.32. The zero-order valence-corrected chi connectivity index (χ0v) is 15.5. The van der Waals surface area contributed by atoms with E-state index in [-0.39, 0.29) is 5.91 Å². The fraction of sp³-hybridized carbons (Fsp3) is 0.450. The summed E-state index contributed by atoms with van der Waals surface area (Å²) in [5.41, 5.74) is 3.85. The highest BCUT2D eigenvalue weighted by Gasteiger charge is 2.27. The number of para-hydroxylation sites is 2. The lowest BCUT2D eigenvalue weighted by Gasteiger charge is -2.36. The molecule has 2 aromatic rings. The minimum absolute atomic E-state index is 0.229. The minimum atomic E-state index is 0.229. The van der Waals surface area contributed by atoms with E-state index in [9.17, 15) is 4.79 Å². The first-order valence-electron chi connectivity index (χ1n) is 9.04. The van der Waals surface area contributed by atoms with Gasteiger partial charge in [-0.05, 0) is 54.3 Å². The van der Waals surface area contributed by atoms with E-state index in [0.29, 0.717) is 0 Å². The number of rotatable bonds is 3. The van der Waals surface area contributed by atoms with Gasteiger partial charge in [0.05, 0.1) is 17.7 Å². The fourth-order valence-corrected chi connectivity index (χ4v) is 5.01. The molecule has 1 fully saturated rings. The molecular formula is C20H24N2O2S. The molecule has 4 nitrogen and oxygen atoms in total. The van der Waals surface area contributed by atoms with Crippen molar-refractivity contribution < 1.29 is 9.53 Å². The van der Waals surface area contributed by atoms with E-state index in [2.05, 4.69) is 16.3 Å². The first-order chi connectivity index (χ1) is 12.3. The van der Waals surface area contributed by atoms with E-state index in [1.807, 2.05) is 23.1 Å². The molecule has 0 N–H and O–H groups in total. The van der Waals surface area contributed by atoms with Gasteiger partial charge in [-0.2, -0.15) is 0 Å². The quantitative estimate of drug-likeness (QED) is 0.842. The number of methoxy groups -OCH3 is 1. The molecule has 1 aliphatic carbocycles. The molecule has 132 valence electrons. The summed E-state index contributed by atoms with van der Waals surface area (Å²) in [6, 6.07) is 8.10. The first-order valence-corrected chi connectivity index (χ1v) is 9.92.